The Balaban J connectivity index is 1.80. The first-order valence-electron chi connectivity index (χ1n) is 7.63. The molecule has 0 N–H and O–H groups in total. The summed E-state index contributed by atoms with van der Waals surface area (Å²) in [6, 6.07) is 19.4. The van der Waals surface area contributed by atoms with Crippen LogP contribution in [0.3, 0.4) is 0 Å². The van der Waals surface area contributed by atoms with Crippen LogP contribution in [0.2, 0.25) is 0 Å². The lowest BCUT2D eigenvalue weighted by molar-refractivity contribution is -0.130. The lowest BCUT2D eigenvalue weighted by Gasteiger charge is -2.04. The van der Waals surface area contributed by atoms with Crippen LogP contribution < -0.4 is 4.74 Å². The number of ether oxygens (including phenoxy) is 1. The van der Waals surface area contributed by atoms with Gasteiger partial charge in [-0.25, -0.2) is 9.78 Å². The van der Waals surface area contributed by atoms with Crippen LogP contribution in [0.4, 0.5) is 0 Å². The molecule has 24 heavy (non-hydrogen) atoms. The van der Waals surface area contributed by atoms with Gasteiger partial charge in [-0.2, -0.15) is 0 Å². The van der Waals surface area contributed by atoms with Crippen LogP contribution in [0.15, 0.2) is 72.8 Å². The Kier molecular flexibility index (Phi) is 4.52. The van der Waals surface area contributed by atoms with Crippen molar-refractivity contribution < 1.29 is 9.53 Å². The largest absolute Gasteiger partial charge is 0.423 e. The van der Waals surface area contributed by atoms with Gasteiger partial charge in [-0.15, -0.1) is 0 Å². The molecule has 1 aromatic heterocycles. The van der Waals surface area contributed by atoms with Crippen LogP contribution in [0.25, 0.3) is 23.1 Å². The van der Waals surface area contributed by atoms with E-state index in [0.717, 1.165) is 22.2 Å². The minimum Gasteiger partial charge on any atom is -0.423 e. The fraction of sp³-hybridized carbons (Fsp3) is 0.0476. The molecule has 0 fully saturated rings. The van der Waals surface area contributed by atoms with Crippen molar-refractivity contribution >= 4 is 29.0 Å². The summed E-state index contributed by atoms with van der Waals surface area (Å²) in [5.41, 5.74) is 3.13. The SMILES string of the molecule is C=C(C)C(=O)Oc1cccc(C=Cc2ccc3ccccc3n2)c1. The molecule has 0 aliphatic rings. The molecule has 0 amide bonds. The minimum absolute atomic E-state index is 0.372. The Labute approximate surface area is 140 Å². The monoisotopic (exact) mass is 315 g/mol. The third-order valence-corrected chi connectivity index (χ3v) is 3.48. The van der Waals surface area contributed by atoms with E-state index in [2.05, 4.69) is 11.6 Å². The third kappa shape index (κ3) is 3.76. The summed E-state index contributed by atoms with van der Waals surface area (Å²) in [4.78, 5) is 16.2. The molecular formula is C21H17NO2. The van der Waals surface area contributed by atoms with Crippen molar-refractivity contribution in [1.82, 2.24) is 4.98 Å². The van der Waals surface area contributed by atoms with Crippen molar-refractivity contribution in [2.75, 3.05) is 0 Å². The summed E-state index contributed by atoms with van der Waals surface area (Å²) in [5.74, 6) is 0.0731. The van der Waals surface area contributed by atoms with E-state index in [1.165, 1.54) is 0 Å². The van der Waals surface area contributed by atoms with Crippen molar-refractivity contribution in [2.45, 2.75) is 6.92 Å². The van der Waals surface area contributed by atoms with E-state index in [0.29, 0.717) is 11.3 Å². The average molecular weight is 315 g/mol. The van der Waals surface area contributed by atoms with E-state index in [1.54, 1.807) is 19.1 Å². The molecule has 3 rings (SSSR count). The standard InChI is InChI=1S/C21H17NO2/c1-15(2)21(23)24-19-8-5-6-16(14-19)10-12-18-13-11-17-7-3-4-9-20(17)22-18/h3-14H,1H2,2H3. The number of carbonyl (C=O) groups is 1. The summed E-state index contributed by atoms with van der Waals surface area (Å²) in [6.07, 6.45) is 3.88. The van der Waals surface area contributed by atoms with Crippen LogP contribution in [-0.2, 0) is 4.79 Å². The summed E-state index contributed by atoms with van der Waals surface area (Å²) in [6.45, 7) is 5.20. The van der Waals surface area contributed by atoms with Gasteiger partial charge in [0.2, 0.25) is 0 Å². The molecular weight excluding hydrogens is 298 g/mol. The van der Waals surface area contributed by atoms with Crippen molar-refractivity contribution in [1.29, 1.82) is 0 Å². The van der Waals surface area contributed by atoms with Crippen LogP contribution in [-0.4, -0.2) is 11.0 Å². The molecule has 0 spiro atoms. The number of carbonyl (C=O) groups excluding carboxylic acids is 1. The zero-order chi connectivity index (χ0) is 16.9. The Morgan fingerprint density at radius 1 is 1.04 bits per heavy atom. The molecule has 0 saturated heterocycles. The predicted octanol–water partition coefficient (Wildman–Crippen LogP) is 4.89. The van der Waals surface area contributed by atoms with Gasteiger partial charge in [-0.1, -0.05) is 49.1 Å². The molecule has 0 bridgehead atoms. The number of rotatable bonds is 4. The second-order valence-electron chi connectivity index (χ2n) is 5.50. The molecule has 0 aliphatic heterocycles. The second kappa shape index (κ2) is 6.92. The van der Waals surface area contributed by atoms with Gasteiger partial charge in [-0.3, -0.25) is 0 Å². The molecule has 3 nitrogen and oxygen atoms in total. The van der Waals surface area contributed by atoms with E-state index < -0.39 is 5.97 Å². The lowest BCUT2D eigenvalue weighted by Crippen LogP contribution is -2.08. The van der Waals surface area contributed by atoms with Crippen molar-refractivity contribution in [3.63, 3.8) is 0 Å². The van der Waals surface area contributed by atoms with E-state index in [9.17, 15) is 4.79 Å². The first-order valence-corrected chi connectivity index (χ1v) is 7.63. The highest BCUT2D eigenvalue weighted by molar-refractivity contribution is 5.89. The first kappa shape index (κ1) is 15.7. The molecule has 2 aromatic carbocycles. The topological polar surface area (TPSA) is 39.2 Å². The number of esters is 1. The van der Waals surface area contributed by atoms with Crippen LogP contribution in [0, 0.1) is 0 Å². The predicted molar refractivity (Wildman–Crippen MR) is 97.6 cm³/mol. The number of pyridine rings is 1. The van der Waals surface area contributed by atoms with E-state index in [1.807, 2.05) is 60.7 Å². The smallest absolute Gasteiger partial charge is 0.338 e. The normalized spacial score (nSPS) is 10.9. The van der Waals surface area contributed by atoms with Gasteiger partial charge in [0.25, 0.3) is 0 Å². The molecule has 118 valence electrons. The van der Waals surface area contributed by atoms with Gasteiger partial charge >= 0.3 is 5.97 Å². The van der Waals surface area contributed by atoms with Gasteiger partial charge in [0.05, 0.1) is 11.2 Å². The summed E-state index contributed by atoms with van der Waals surface area (Å²) >= 11 is 0. The van der Waals surface area contributed by atoms with E-state index in [4.69, 9.17) is 4.74 Å². The molecule has 0 saturated carbocycles. The molecule has 1 heterocycles. The van der Waals surface area contributed by atoms with Crippen molar-refractivity contribution in [3.8, 4) is 5.75 Å². The zero-order valence-electron chi connectivity index (χ0n) is 13.4. The Morgan fingerprint density at radius 3 is 2.71 bits per heavy atom. The zero-order valence-corrected chi connectivity index (χ0v) is 13.4. The molecule has 0 aliphatic carbocycles. The van der Waals surface area contributed by atoms with Crippen LogP contribution in [0.1, 0.15) is 18.2 Å². The lowest BCUT2D eigenvalue weighted by atomic mass is 10.1. The maximum Gasteiger partial charge on any atom is 0.338 e. The number of hydrogen-bond acceptors (Lipinski definition) is 3. The van der Waals surface area contributed by atoms with Gasteiger partial charge in [-0.05, 0) is 42.8 Å². The maximum absolute atomic E-state index is 11.6. The number of para-hydroxylation sites is 1. The quantitative estimate of drug-likeness (QED) is 0.391. The highest BCUT2D eigenvalue weighted by Gasteiger charge is 2.05. The fourth-order valence-corrected chi connectivity index (χ4v) is 2.23. The minimum atomic E-state index is -0.424. The maximum atomic E-state index is 11.6. The number of hydrogen-bond donors (Lipinski definition) is 0. The van der Waals surface area contributed by atoms with Crippen molar-refractivity contribution in [3.05, 3.63) is 84.1 Å². The Hall–Kier alpha value is -3.20. The summed E-state index contributed by atoms with van der Waals surface area (Å²) in [5, 5.41) is 1.11. The fourth-order valence-electron chi connectivity index (χ4n) is 2.23. The Bertz CT molecular complexity index is 941. The number of fused-ring (bicyclic) bond motifs is 1. The first-order chi connectivity index (χ1) is 11.6. The number of nitrogens with zero attached hydrogens (tertiary/aromatic N) is 1. The summed E-state index contributed by atoms with van der Waals surface area (Å²) in [7, 11) is 0. The number of benzene rings is 2. The highest BCUT2D eigenvalue weighted by Crippen LogP contribution is 2.18. The van der Waals surface area contributed by atoms with Gasteiger partial charge in [0.15, 0.2) is 0 Å². The van der Waals surface area contributed by atoms with E-state index >= 15 is 0 Å². The Morgan fingerprint density at radius 2 is 1.88 bits per heavy atom. The number of aromatic nitrogens is 1. The van der Waals surface area contributed by atoms with Gasteiger partial charge < -0.3 is 4.74 Å². The molecule has 0 radical (unpaired) electrons. The average Bonchev–Trinajstić information content (AvgIpc) is 2.60. The van der Waals surface area contributed by atoms with Gasteiger partial charge in [0.1, 0.15) is 5.75 Å². The van der Waals surface area contributed by atoms with E-state index in [-0.39, 0.29) is 0 Å². The second-order valence-corrected chi connectivity index (χ2v) is 5.50. The highest BCUT2D eigenvalue weighted by atomic mass is 16.5. The van der Waals surface area contributed by atoms with Crippen LogP contribution in [0.5, 0.6) is 5.75 Å². The molecule has 0 atom stereocenters. The van der Waals surface area contributed by atoms with Crippen LogP contribution >= 0.6 is 0 Å². The van der Waals surface area contributed by atoms with Gasteiger partial charge in [0, 0.05) is 11.0 Å². The third-order valence-electron chi connectivity index (χ3n) is 3.48. The summed E-state index contributed by atoms with van der Waals surface area (Å²) < 4.78 is 5.24. The molecule has 3 aromatic rings. The molecule has 0 unspecified atom stereocenters. The van der Waals surface area contributed by atoms with Crippen molar-refractivity contribution in [2.24, 2.45) is 0 Å². The molecule has 3 heteroatoms.